The topological polar surface area (TPSA) is 54.2 Å². The highest BCUT2D eigenvalue weighted by Gasteiger charge is 2.40. The molecule has 0 aliphatic heterocycles. The predicted molar refractivity (Wildman–Crippen MR) is 108 cm³/mol. The van der Waals surface area contributed by atoms with Gasteiger partial charge in [-0.05, 0) is 25.6 Å². The summed E-state index contributed by atoms with van der Waals surface area (Å²) in [6.07, 6.45) is 6.76. The van der Waals surface area contributed by atoms with Crippen LogP contribution in [0.25, 0.3) is 6.08 Å². The number of nitrogens with zero attached hydrogens (tertiary/aromatic N) is 4. The Hall–Kier alpha value is -2.90. The van der Waals surface area contributed by atoms with Crippen molar-refractivity contribution in [3.05, 3.63) is 90.0 Å². The van der Waals surface area contributed by atoms with E-state index in [0.29, 0.717) is 6.54 Å². The van der Waals surface area contributed by atoms with Gasteiger partial charge in [-0.15, -0.1) is 0 Å². The summed E-state index contributed by atoms with van der Waals surface area (Å²) in [7, 11) is 1.84. The second-order valence-corrected chi connectivity index (χ2v) is 7.07. The predicted octanol–water partition coefficient (Wildman–Crippen LogP) is 3.48. The van der Waals surface area contributed by atoms with E-state index < -0.39 is 23.3 Å². The molecule has 2 aromatic carbocycles. The van der Waals surface area contributed by atoms with Crippen LogP contribution in [0.15, 0.2) is 67.3 Å². The standard InChI is InChI=1S/C22H24F2N4O/c1-17(27(2)12-6-9-18-7-4-3-5-8-18)22(29,14-28-16-25-15-26-28)20-11-10-19(23)13-21(20)24/h3-11,13,15-17,29H,12,14H2,1-2H3/b9-6+/t17-,22-/m0/s1. The van der Waals surface area contributed by atoms with Crippen molar-refractivity contribution >= 4 is 6.08 Å². The van der Waals surface area contributed by atoms with Crippen LogP contribution in [0, 0.1) is 11.6 Å². The molecule has 0 amide bonds. The molecule has 1 N–H and O–H groups in total. The van der Waals surface area contributed by atoms with Gasteiger partial charge in [-0.25, -0.2) is 18.4 Å². The first-order valence-corrected chi connectivity index (χ1v) is 9.32. The molecular formula is C22H24F2N4O. The van der Waals surface area contributed by atoms with Crippen LogP contribution >= 0.6 is 0 Å². The van der Waals surface area contributed by atoms with Crippen molar-refractivity contribution in [3.63, 3.8) is 0 Å². The largest absolute Gasteiger partial charge is 0.381 e. The molecule has 0 fully saturated rings. The Morgan fingerprint density at radius 3 is 2.62 bits per heavy atom. The van der Waals surface area contributed by atoms with Gasteiger partial charge >= 0.3 is 0 Å². The molecule has 0 bridgehead atoms. The van der Waals surface area contributed by atoms with Crippen molar-refractivity contribution in [1.82, 2.24) is 19.7 Å². The van der Waals surface area contributed by atoms with Crippen LogP contribution in [0.5, 0.6) is 0 Å². The number of hydrogen-bond donors (Lipinski definition) is 1. The first-order chi connectivity index (χ1) is 13.9. The van der Waals surface area contributed by atoms with Crippen LogP contribution in [-0.2, 0) is 12.1 Å². The van der Waals surface area contributed by atoms with E-state index in [1.54, 1.807) is 6.92 Å². The third kappa shape index (κ3) is 4.93. The molecule has 1 aromatic heterocycles. The molecule has 29 heavy (non-hydrogen) atoms. The van der Waals surface area contributed by atoms with Crippen LogP contribution in [-0.4, -0.2) is 44.4 Å². The average molecular weight is 398 g/mol. The van der Waals surface area contributed by atoms with Crippen molar-refractivity contribution in [2.75, 3.05) is 13.6 Å². The van der Waals surface area contributed by atoms with Gasteiger partial charge in [-0.2, -0.15) is 5.10 Å². The van der Waals surface area contributed by atoms with Crippen molar-refractivity contribution in [1.29, 1.82) is 0 Å². The molecule has 0 saturated heterocycles. The Kier molecular flexibility index (Phi) is 6.51. The second-order valence-electron chi connectivity index (χ2n) is 7.07. The molecule has 5 nitrogen and oxygen atoms in total. The second kappa shape index (κ2) is 9.07. The normalized spacial score (nSPS) is 15.0. The SMILES string of the molecule is C[C@H](N(C)C/C=C/c1ccccc1)[C@@](O)(Cn1cncn1)c1ccc(F)cc1F. The molecule has 0 radical (unpaired) electrons. The molecule has 152 valence electrons. The Bertz CT molecular complexity index is 947. The van der Waals surface area contributed by atoms with Gasteiger partial charge in [0.2, 0.25) is 0 Å². The summed E-state index contributed by atoms with van der Waals surface area (Å²) in [5.74, 6) is -1.49. The van der Waals surface area contributed by atoms with Gasteiger partial charge in [-0.3, -0.25) is 4.90 Å². The average Bonchev–Trinajstić information content (AvgIpc) is 3.20. The summed E-state index contributed by atoms with van der Waals surface area (Å²) in [5.41, 5.74) is -0.572. The molecule has 0 aliphatic carbocycles. The number of aromatic nitrogens is 3. The van der Waals surface area contributed by atoms with Crippen molar-refractivity contribution in [2.24, 2.45) is 0 Å². The molecular weight excluding hydrogens is 374 g/mol. The molecule has 3 aromatic rings. The van der Waals surface area contributed by atoms with E-state index in [1.165, 1.54) is 23.4 Å². The number of aliphatic hydroxyl groups is 1. The monoisotopic (exact) mass is 398 g/mol. The van der Waals surface area contributed by atoms with Crippen LogP contribution in [0.3, 0.4) is 0 Å². The van der Waals surface area contributed by atoms with Crippen molar-refractivity contribution in [2.45, 2.75) is 25.1 Å². The highest BCUT2D eigenvalue weighted by Crippen LogP contribution is 2.32. The lowest BCUT2D eigenvalue weighted by Gasteiger charge is -2.39. The molecule has 0 aliphatic rings. The van der Waals surface area contributed by atoms with E-state index >= 15 is 0 Å². The van der Waals surface area contributed by atoms with Crippen LogP contribution in [0.2, 0.25) is 0 Å². The van der Waals surface area contributed by atoms with E-state index in [2.05, 4.69) is 10.1 Å². The maximum atomic E-state index is 14.6. The molecule has 0 saturated carbocycles. The molecule has 2 atom stereocenters. The zero-order valence-corrected chi connectivity index (χ0v) is 16.4. The fourth-order valence-electron chi connectivity index (χ4n) is 3.29. The van der Waals surface area contributed by atoms with Crippen LogP contribution < -0.4 is 0 Å². The van der Waals surface area contributed by atoms with E-state index in [4.69, 9.17) is 0 Å². The summed E-state index contributed by atoms with van der Waals surface area (Å²) < 4.78 is 29.5. The van der Waals surface area contributed by atoms with E-state index in [0.717, 1.165) is 17.7 Å². The number of rotatable bonds is 8. The number of likely N-dealkylation sites (N-methyl/N-ethyl adjacent to an activating group) is 1. The minimum Gasteiger partial charge on any atom is -0.381 e. The number of halogens is 2. The fraction of sp³-hybridized carbons (Fsp3) is 0.273. The lowest BCUT2D eigenvalue weighted by atomic mass is 9.85. The van der Waals surface area contributed by atoms with E-state index in [1.807, 2.05) is 54.4 Å². The molecule has 3 rings (SSSR count). The lowest BCUT2D eigenvalue weighted by Crippen LogP contribution is -2.50. The number of benzene rings is 2. The minimum absolute atomic E-state index is 0.0146. The zero-order chi connectivity index (χ0) is 20.9. The first-order valence-electron chi connectivity index (χ1n) is 9.32. The summed E-state index contributed by atoms with van der Waals surface area (Å²) in [5, 5.41) is 15.6. The maximum absolute atomic E-state index is 14.6. The maximum Gasteiger partial charge on any atom is 0.137 e. The van der Waals surface area contributed by atoms with Gasteiger partial charge in [0.15, 0.2) is 0 Å². The summed E-state index contributed by atoms with van der Waals surface area (Å²) >= 11 is 0. The van der Waals surface area contributed by atoms with Crippen LogP contribution in [0.4, 0.5) is 8.78 Å². The molecule has 7 heteroatoms. The lowest BCUT2D eigenvalue weighted by molar-refractivity contribution is -0.0542. The molecule has 1 heterocycles. The Morgan fingerprint density at radius 1 is 1.21 bits per heavy atom. The van der Waals surface area contributed by atoms with E-state index in [9.17, 15) is 13.9 Å². The summed E-state index contributed by atoms with van der Waals surface area (Å²) in [4.78, 5) is 5.79. The smallest absolute Gasteiger partial charge is 0.137 e. The third-order valence-corrected chi connectivity index (χ3v) is 5.12. The quantitative estimate of drug-likeness (QED) is 0.631. The van der Waals surface area contributed by atoms with Gasteiger partial charge in [0, 0.05) is 24.2 Å². The molecule has 0 spiro atoms. The van der Waals surface area contributed by atoms with Crippen molar-refractivity contribution < 1.29 is 13.9 Å². The van der Waals surface area contributed by atoms with Crippen LogP contribution in [0.1, 0.15) is 18.1 Å². The van der Waals surface area contributed by atoms with Crippen molar-refractivity contribution in [3.8, 4) is 0 Å². The Balaban J connectivity index is 1.85. The Labute approximate surface area is 168 Å². The summed E-state index contributed by atoms with van der Waals surface area (Å²) in [6, 6.07) is 12.6. The van der Waals surface area contributed by atoms with Gasteiger partial charge in [0.1, 0.15) is 29.9 Å². The minimum atomic E-state index is -1.65. The van der Waals surface area contributed by atoms with Gasteiger partial charge in [-0.1, -0.05) is 48.6 Å². The zero-order valence-electron chi connectivity index (χ0n) is 16.4. The first kappa shape index (κ1) is 20.8. The molecule has 0 unspecified atom stereocenters. The van der Waals surface area contributed by atoms with E-state index in [-0.39, 0.29) is 12.1 Å². The van der Waals surface area contributed by atoms with Gasteiger partial charge in [0.05, 0.1) is 6.54 Å². The fourth-order valence-corrected chi connectivity index (χ4v) is 3.29. The van der Waals surface area contributed by atoms with Gasteiger partial charge in [0.25, 0.3) is 0 Å². The highest BCUT2D eigenvalue weighted by atomic mass is 19.1. The number of hydrogen-bond acceptors (Lipinski definition) is 4. The summed E-state index contributed by atoms with van der Waals surface area (Å²) in [6.45, 7) is 2.30. The van der Waals surface area contributed by atoms with Gasteiger partial charge < -0.3 is 5.11 Å². The third-order valence-electron chi connectivity index (χ3n) is 5.12. The highest BCUT2D eigenvalue weighted by molar-refractivity contribution is 5.48. The Morgan fingerprint density at radius 2 is 1.97 bits per heavy atom.